The third kappa shape index (κ3) is 3.08. The molecule has 0 aromatic carbocycles. The number of rotatable bonds is 4. The van der Waals surface area contributed by atoms with Gasteiger partial charge in [-0.3, -0.25) is 9.59 Å². The van der Waals surface area contributed by atoms with Gasteiger partial charge in [0.1, 0.15) is 6.54 Å². The van der Waals surface area contributed by atoms with Crippen LogP contribution in [0.25, 0.3) is 0 Å². The van der Waals surface area contributed by atoms with E-state index in [2.05, 4.69) is 15.2 Å². The largest absolute Gasteiger partial charge is 0.465 e. The quantitative estimate of drug-likeness (QED) is 0.725. The second-order valence-electron chi connectivity index (χ2n) is 2.83. The first-order valence-corrected chi connectivity index (χ1v) is 4.50. The molecule has 1 aromatic rings. The second-order valence-corrected chi connectivity index (χ2v) is 2.83. The summed E-state index contributed by atoms with van der Waals surface area (Å²) in [6.07, 6.45) is 1.43. The Morgan fingerprint density at radius 1 is 1.60 bits per heavy atom. The van der Waals surface area contributed by atoms with E-state index in [1.165, 1.54) is 6.20 Å². The Bertz CT molecular complexity index is 359. The highest BCUT2D eigenvalue weighted by Gasteiger charge is 2.14. The number of esters is 1. The summed E-state index contributed by atoms with van der Waals surface area (Å²) in [6, 6.07) is 0. The molecule has 1 heterocycles. The second kappa shape index (κ2) is 5.14. The maximum absolute atomic E-state index is 11.4. The first kappa shape index (κ1) is 11.2. The molecule has 0 aliphatic heterocycles. The SMILES string of the molecule is CCOC(=O)CNC(=O)c1oncc1C. The molecule has 0 saturated heterocycles. The molecule has 0 fully saturated rings. The van der Waals surface area contributed by atoms with Crippen LogP contribution >= 0.6 is 0 Å². The number of hydrogen-bond acceptors (Lipinski definition) is 5. The average molecular weight is 212 g/mol. The number of hydrogen-bond donors (Lipinski definition) is 1. The van der Waals surface area contributed by atoms with Crippen LogP contribution in [-0.4, -0.2) is 30.2 Å². The molecule has 0 saturated carbocycles. The van der Waals surface area contributed by atoms with Crippen LogP contribution in [0.4, 0.5) is 0 Å². The molecular weight excluding hydrogens is 200 g/mol. The maximum Gasteiger partial charge on any atom is 0.325 e. The number of carbonyl (C=O) groups is 2. The van der Waals surface area contributed by atoms with Gasteiger partial charge in [-0.25, -0.2) is 0 Å². The topological polar surface area (TPSA) is 81.4 Å². The van der Waals surface area contributed by atoms with Crippen molar-refractivity contribution in [1.29, 1.82) is 0 Å². The lowest BCUT2D eigenvalue weighted by Gasteiger charge is -2.02. The van der Waals surface area contributed by atoms with Crippen LogP contribution in [0.2, 0.25) is 0 Å². The molecule has 1 rings (SSSR count). The number of aryl methyl sites for hydroxylation is 1. The summed E-state index contributed by atoms with van der Waals surface area (Å²) in [7, 11) is 0. The predicted octanol–water partition coefficient (Wildman–Crippen LogP) is 0.276. The smallest absolute Gasteiger partial charge is 0.325 e. The van der Waals surface area contributed by atoms with Crippen LogP contribution in [0.5, 0.6) is 0 Å². The van der Waals surface area contributed by atoms with Gasteiger partial charge in [-0.1, -0.05) is 5.16 Å². The van der Waals surface area contributed by atoms with Crippen molar-refractivity contribution in [3.05, 3.63) is 17.5 Å². The Hall–Kier alpha value is -1.85. The van der Waals surface area contributed by atoms with Gasteiger partial charge in [0.15, 0.2) is 0 Å². The highest BCUT2D eigenvalue weighted by molar-refractivity contribution is 5.94. The van der Waals surface area contributed by atoms with E-state index in [-0.39, 0.29) is 18.9 Å². The molecule has 15 heavy (non-hydrogen) atoms. The lowest BCUT2D eigenvalue weighted by Crippen LogP contribution is -2.30. The van der Waals surface area contributed by atoms with Crippen LogP contribution in [0.1, 0.15) is 23.0 Å². The zero-order valence-electron chi connectivity index (χ0n) is 8.57. The molecule has 0 aliphatic carbocycles. The number of nitrogens with zero attached hydrogens (tertiary/aromatic N) is 1. The van der Waals surface area contributed by atoms with Crippen molar-refractivity contribution >= 4 is 11.9 Å². The van der Waals surface area contributed by atoms with E-state index >= 15 is 0 Å². The van der Waals surface area contributed by atoms with Crippen LogP contribution < -0.4 is 5.32 Å². The van der Waals surface area contributed by atoms with Gasteiger partial charge in [-0.05, 0) is 13.8 Å². The van der Waals surface area contributed by atoms with Gasteiger partial charge in [-0.2, -0.15) is 0 Å². The van der Waals surface area contributed by atoms with E-state index in [1.807, 2.05) is 0 Å². The molecule has 0 atom stereocenters. The van der Waals surface area contributed by atoms with Crippen LogP contribution in [0.3, 0.4) is 0 Å². The lowest BCUT2D eigenvalue weighted by atomic mass is 10.3. The fourth-order valence-electron chi connectivity index (χ4n) is 0.954. The summed E-state index contributed by atoms with van der Waals surface area (Å²) >= 11 is 0. The molecule has 6 nitrogen and oxygen atoms in total. The molecule has 0 aliphatic rings. The van der Waals surface area contributed by atoms with Gasteiger partial charge in [0, 0.05) is 5.56 Å². The van der Waals surface area contributed by atoms with Crippen LogP contribution in [0, 0.1) is 6.92 Å². The van der Waals surface area contributed by atoms with E-state index < -0.39 is 11.9 Å². The fraction of sp³-hybridized carbons (Fsp3) is 0.444. The minimum Gasteiger partial charge on any atom is -0.465 e. The Morgan fingerprint density at radius 3 is 2.87 bits per heavy atom. The first-order chi connectivity index (χ1) is 7.15. The van der Waals surface area contributed by atoms with E-state index in [0.29, 0.717) is 5.56 Å². The van der Waals surface area contributed by atoms with Gasteiger partial charge < -0.3 is 14.6 Å². The minimum absolute atomic E-state index is 0.110. The fourth-order valence-corrected chi connectivity index (χ4v) is 0.954. The molecule has 1 aromatic heterocycles. The van der Waals surface area contributed by atoms with E-state index in [4.69, 9.17) is 4.52 Å². The Labute approximate surface area is 86.6 Å². The maximum atomic E-state index is 11.4. The molecule has 1 N–H and O–H groups in total. The van der Waals surface area contributed by atoms with Crippen molar-refractivity contribution in [2.45, 2.75) is 13.8 Å². The number of amides is 1. The molecule has 6 heteroatoms. The summed E-state index contributed by atoms with van der Waals surface area (Å²) in [4.78, 5) is 22.3. The third-order valence-corrected chi connectivity index (χ3v) is 1.65. The van der Waals surface area contributed by atoms with Gasteiger partial charge in [0.25, 0.3) is 5.91 Å². The van der Waals surface area contributed by atoms with Gasteiger partial charge in [0.05, 0.1) is 12.8 Å². The van der Waals surface area contributed by atoms with Crippen molar-refractivity contribution in [2.75, 3.05) is 13.2 Å². The van der Waals surface area contributed by atoms with Crippen molar-refractivity contribution in [3.8, 4) is 0 Å². The molecule has 1 amide bonds. The van der Waals surface area contributed by atoms with Gasteiger partial charge in [-0.15, -0.1) is 0 Å². The molecule has 0 bridgehead atoms. The summed E-state index contributed by atoms with van der Waals surface area (Å²) in [5.74, 6) is -0.847. The molecule has 0 unspecified atom stereocenters. The molecule has 82 valence electrons. The number of nitrogens with one attached hydrogen (secondary N) is 1. The minimum atomic E-state index is -0.483. The monoisotopic (exact) mass is 212 g/mol. The Kier molecular flexibility index (Phi) is 3.84. The van der Waals surface area contributed by atoms with Crippen LogP contribution in [0.15, 0.2) is 10.7 Å². The highest BCUT2D eigenvalue weighted by Crippen LogP contribution is 2.04. The first-order valence-electron chi connectivity index (χ1n) is 4.50. The summed E-state index contributed by atoms with van der Waals surface area (Å²) in [5, 5.41) is 5.82. The highest BCUT2D eigenvalue weighted by atomic mass is 16.5. The number of ether oxygens (including phenoxy) is 1. The predicted molar refractivity (Wildman–Crippen MR) is 50.2 cm³/mol. The lowest BCUT2D eigenvalue weighted by molar-refractivity contribution is -0.141. The van der Waals surface area contributed by atoms with Gasteiger partial charge in [0.2, 0.25) is 5.76 Å². The van der Waals surface area contributed by atoms with Crippen molar-refractivity contribution in [1.82, 2.24) is 10.5 Å². The van der Waals surface area contributed by atoms with Crippen molar-refractivity contribution in [3.63, 3.8) is 0 Å². The average Bonchev–Trinajstić information content (AvgIpc) is 2.61. The summed E-state index contributed by atoms with van der Waals surface area (Å²) < 4.78 is 9.34. The number of aromatic nitrogens is 1. The van der Waals surface area contributed by atoms with E-state index in [9.17, 15) is 9.59 Å². The zero-order valence-corrected chi connectivity index (χ0v) is 8.57. The van der Waals surface area contributed by atoms with Crippen LogP contribution in [-0.2, 0) is 9.53 Å². The van der Waals surface area contributed by atoms with E-state index in [0.717, 1.165) is 0 Å². The van der Waals surface area contributed by atoms with Gasteiger partial charge >= 0.3 is 5.97 Å². The Balaban J connectivity index is 2.44. The molecule has 0 spiro atoms. The third-order valence-electron chi connectivity index (χ3n) is 1.65. The molecule has 0 radical (unpaired) electrons. The zero-order chi connectivity index (χ0) is 11.3. The molecular formula is C9H12N2O4. The van der Waals surface area contributed by atoms with E-state index in [1.54, 1.807) is 13.8 Å². The number of carbonyl (C=O) groups excluding carboxylic acids is 2. The normalized spacial score (nSPS) is 9.73. The van der Waals surface area contributed by atoms with Crippen molar-refractivity contribution in [2.24, 2.45) is 0 Å². The summed E-state index contributed by atoms with van der Waals surface area (Å²) in [6.45, 7) is 3.50. The standard InChI is InChI=1S/C9H12N2O4/c1-3-14-7(12)5-10-9(13)8-6(2)4-11-15-8/h4H,3,5H2,1-2H3,(H,10,13). The van der Waals surface area contributed by atoms with Crippen molar-refractivity contribution < 1.29 is 18.8 Å². The Morgan fingerprint density at radius 2 is 2.33 bits per heavy atom. The summed E-state index contributed by atoms with van der Waals surface area (Å²) in [5.41, 5.74) is 0.622.